The second kappa shape index (κ2) is 9.11. The molecule has 1 aliphatic heterocycles. The number of hydrogen-bond acceptors (Lipinski definition) is 7. The Labute approximate surface area is 199 Å². The van der Waals surface area contributed by atoms with Gasteiger partial charge in [0, 0.05) is 6.54 Å². The number of methoxy groups -OCH3 is 1. The minimum atomic E-state index is -1.05. The smallest absolute Gasteiger partial charge is 0.335 e. The molecule has 174 valence electrons. The molecule has 2 heterocycles. The van der Waals surface area contributed by atoms with Gasteiger partial charge in [-0.25, -0.2) is 9.78 Å². The molecule has 1 aliphatic rings. The Hall–Kier alpha value is -3.98. The zero-order valence-corrected chi connectivity index (χ0v) is 19.5. The third kappa shape index (κ3) is 4.17. The number of hydrogen-bond donors (Lipinski definition) is 2. The Kier molecular flexibility index (Phi) is 6.21. The Bertz CT molecular complexity index is 1310. The summed E-state index contributed by atoms with van der Waals surface area (Å²) >= 11 is 1.21. The summed E-state index contributed by atoms with van der Waals surface area (Å²) in [4.78, 5) is 44.0. The topological polar surface area (TPSA) is 117 Å². The summed E-state index contributed by atoms with van der Waals surface area (Å²) in [5.74, 6) is -2.16. The molecule has 1 amide bonds. The molecule has 1 unspecified atom stereocenters. The first kappa shape index (κ1) is 23.2. The van der Waals surface area contributed by atoms with Crippen molar-refractivity contribution in [1.82, 2.24) is 9.88 Å². The molecule has 3 aromatic rings. The summed E-state index contributed by atoms with van der Waals surface area (Å²) in [5, 5.41) is 20.7. The number of aliphatic hydroxyl groups is 1. The molecule has 0 radical (unpaired) electrons. The number of Topliss-reactive ketones (excluding diaryl/α,β-unsaturated/α-hetero) is 1. The number of carboxylic acid groups (broad SMARTS) is 1. The fourth-order valence-electron chi connectivity index (χ4n) is 4.00. The number of ketones is 1. The first-order chi connectivity index (χ1) is 16.2. The van der Waals surface area contributed by atoms with Gasteiger partial charge in [-0.05, 0) is 49.2 Å². The monoisotopic (exact) mass is 478 g/mol. The highest BCUT2D eigenvalue weighted by atomic mass is 32.1. The fourth-order valence-corrected chi connectivity index (χ4v) is 4.87. The number of carbonyl (C=O) groups excluding carboxylic acids is 2. The zero-order chi connectivity index (χ0) is 24.6. The van der Waals surface area contributed by atoms with Crippen molar-refractivity contribution in [2.45, 2.75) is 26.4 Å². The van der Waals surface area contributed by atoms with E-state index in [1.54, 1.807) is 50.2 Å². The van der Waals surface area contributed by atoms with Crippen molar-refractivity contribution in [1.29, 1.82) is 0 Å². The van der Waals surface area contributed by atoms with E-state index in [9.17, 15) is 19.5 Å². The number of rotatable bonds is 7. The van der Waals surface area contributed by atoms with Gasteiger partial charge in [0.15, 0.2) is 5.76 Å². The van der Waals surface area contributed by atoms with E-state index in [2.05, 4.69) is 4.98 Å². The average Bonchev–Trinajstić information content (AvgIpc) is 3.29. The number of carboxylic acids is 1. The highest BCUT2D eigenvalue weighted by Gasteiger charge is 2.44. The molecule has 2 N–H and O–H groups in total. The Morgan fingerprint density at radius 1 is 1.09 bits per heavy atom. The first-order valence-electron chi connectivity index (χ1n) is 10.4. The average molecular weight is 479 g/mol. The van der Waals surface area contributed by atoms with Gasteiger partial charge in [-0.2, -0.15) is 0 Å². The number of ether oxygens (including phenoxy) is 1. The van der Waals surface area contributed by atoms with Gasteiger partial charge in [0.25, 0.3) is 5.91 Å². The predicted octanol–water partition coefficient (Wildman–Crippen LogP) is 4.25. The van der Waals surface area contributed by atoms with Gasteiger partial charge in [-0.3, -0.25) is 9.59 Å². The highest BCUT2D eigenvalue weighted by molar-refractivity contribution is 7.14. The van der Waals surface area contributed by atoms with Gasteiger partial charge in [-0.15, -0.1) is 11.3 Å². The number of aliphatic hydroxyl groups excluding tert-OH is 1. The second-order valence-electron chi connectivity index (χ2n) is 7.85. The van der Waals surface area contributed by atoms with Crippen molar-refractivity contribution in [3.8, 4) is 5.75 Å². The van der Waals surface area contributed by atoms with Gasteiger partial charge in [0.2, 0.25) is 5.78 Å². The van der Waals surface area contributed by atoms with Gasteiger partial charge < -0.3 is 19.8 Å². The van der Waals surface area contributed by atoms with Crippen LogP contribution in [-0.2, 0) is 11.3 Å². The van der Waals surface area contributed by atoms with Crippen LogP contribution < -0.4 is 4.74 Å². The summed E-state index contributed by atoms with van der Waals surface area (Å²) in [6, 6.07) is 12.2. The van der Waals surface area contributed by atoms with Crippen LogP contribution in [0, 0.1) is 13.8 Å². The molecular weight excluding hydrogens is 456 g/mol. The number of thiazole rings is 1. The number of nitrogens with zero attached hydrogens (tertiary/aromatic N) is 2. The van der Waals surface area contributed by atoms with Crippen molar-refractivity contribution >= 4 is 29.0 Å². The van der Waals surface area contributed by atoms with E-state index in [1.165, 1.54) is 35.5 Å². The van der Waals surface area contributed by atoms with E-state index in [0.29, 0.717) is 32.5 Å². The minimum Gasteiger partial charge on any atom is -0.503 e. The number of carbonyl (C=O) groups is 3. The van der Waals surface area contributed by atoms with Crippen LogP contribution in [0.4, 0.5) is 0 Å². The maximum Gasteiger partial charge on any atom is 0.335 e. The van der Waals surface area contributed by atoms with Gasteiger partial charge in [-0.1, -0.05) is 24.3 Å². The van der Waals surface area contributed by atoms with Gasteiger partial charge in [0.1, 0.15) is 5.75 Å². The lowest BCUT2D eigenvalue weighted by molar-refractivity contribution is -0.130. The fraction of sp³-hybridized carbons (Fsp3) is 0.200. The standard InChI is InChI=1S/C25H22N2O6S/c1-13-23(34-14(2)26-13)21(28)19-20(16-8-10-18(33-3)11-9-16)27(24(30)22(19)29)12-15-4-6-17(7-5-15)25(31)32/h4-11,20,29H,12H2,1-3H3,(H,31,32). The number of aromatic carboxylic acids is 1. The summed E-state index contributed by atoms with van der Waals surface area (Å²) in [6.45, 7) is 3.57. The third-order valence-electron chi connectivity index (χ3n) is 5.64. The minimum absolute atomic E-state index is 0.0101. The number of benzene rings is 2. The second-order valence-corrected chi connectivity index (χ2v) is 9.05. The van der Waals surface area contributed by atoms with E-state index in [1.807, 2.05) is 0 Å². The molecule has 0 saturated carbocycles. The number of aromatic nitrogens is 1. The van der Waals surface area contributed by atoms with Crippen LogP contribution in [0.1, 0.15) is 47.9 Å². The molecule has 4 rings (SSSR count). The van der Waals surface area contributed by atoms with E-state index >= 15 is 0 Å². The zero-order valence-electron chi connectivity index (χ0n) is 18.7. The first-order valence-corrected chi connectivity index (χ1v) is 11.2. The van der Waals surface area contributed by atoms with Crippen LogP contribution in [0.2, 0.25) is 0 Å². The summed E-state index contributed by atoms with van der Waals surface area (Å²) in [7, 11) is 1.54. The van der Waals surface area contributed by atoms with E-state index in [4.69, 9.17) is 9.84 Å². The molecule has 9 heteroatoms. The van der Waals surface area contributed by atoms with E-state index < -0.39 is 29.5 Å². The van der Waals surface area contributed by atoms with Crippen LogP contribution in [0.15, 0.2) is 59.9 Å². The molecular formula is C25H22N2O6S. The summed E-state index contributed by atoms with van der Waals surface area (Å²) < 4.78 is 5.23. The predicted molar refractivity (Wildman–Crippen MR) is 125 cm³/mol. The third-order valence-corrected chi connectivity index (χ3v) is 6.72. The molecule has 0 spiro atoms. The summed E-state index contributed by atoms with van der Waals surface area (Å²) in [6.07, 6.45) is 0. The van der Waals surface area contributed by atoms with Crippen LogP contribution in [0.5, 0.6) is 5.75 Å². The van der Waals surface area contributed by atoms with Gasteiger partial charge in [0.05, 0.1) is 39.9 Å². The van der Waals surface area contributed by atoms with Gasteiger partial charge >= 0.3 is 5.97 Å². The largest absolute Gasteiger partial charge is 0.503 e. The van der Waals surface area contributed by atoms with Crippen molar-refractivity contribution in [3.63, 3.8) is 0 Å². The molecule has 0 saturated heterocycles. The Morgan fingerprint density at radius 3 is 2.26 bits per heavy atom. The normalized spacial score (nSPS) is 15.7. The van der Waals surface area contributed by atoms with Crippen molar-refractivity contribution < 1.29 is 29.3 Å². The molecule has 8 nitrogen and oxygen atoms in total. The van der Waals surface area contributed by atoms with Crippen LogP contribution >= 0.6 is 11.3 Å². The molecule has 1 aromatic heterocycles. The SMILES string of the molecule is COc1ccc(C2C(C(=O)c3sc(C)nc3C)=C(O)C(=O)N2Cc2ccc(C(=O)O)cc2)cc1. The quantitative estimate of drug-likeness (QED) is 0.488. The van der Waals surface area contributed by atoms with Crippen molar-refractivity contribution in [3.05, 3.63) is 92.1 Å². The Balaban J connectivity index is 1.77. The molecule has 2 aromatic carbocycles. The van der Waals surface area contributed by atoms with E-state index in [0.717, 1.165) is 0 Å². The maximum absolute atomic E-state index is 13.5. The summed E-state index contributed by atoms with van der Waals surface area (Å²) in [5.41, 5.74) is 1.93. The van der Waals surface area contributed by atoms with E-state index in [-0.39, 0.29) is 17.7 Å². The van der Waals surface area contributed by atoms with Crippen molar-refractivity contribution in [2.75, 3.05) is 7.11 Å². The maximum atomic E-state index is 13.5. The number of aryl methyl sites for hydroxylation is 2. The van der Waals surface area contributed by atoms with Crippen molar-refractivity contribution in [2.24, 2.45) is 0 Å². The van der Waals surface area contributed by atoms with Crippen LogP contribution in [-0.4, -0.2) is 44.9 Å². The molecule has 1 atom stereocenters. The van der Waals surface area contributed by atoms with Crippen LogP contribution in [0.3, 0.4) is 0 Å². The lowest BCUT2D eigenvalue weighted by Gasteiger charge is -2.27. The molecule has 0 aliphatic carbocycles. The Morgan fingerprint density at radius 2 is 1.74 bits per heavy atom. The number of amides is 1. The molecule has 0 fully saturated rings. The lowest BCUT2D eigenvalue weighted by Crippen LogP contribution is -2.30. The van der Waals surface area contributed by atoms with Crippen LogP contribution in [0.25, 0.3) is 0 Å². The molecule has 34 heavy (non-hydrogen) atoms. The molecule has 0 bridgehead atoms. The lowest BCUT2D eigenvalue weighted by atomic mass is 9.94. The highest BCUT2D eigenvalue weighted by Crippen LogP contribution is 2.41.